The molecule has 1 aromatic rings. The zero-order valence-electron chi connectivity index (χ0n) is 8.06. The van der Waals surface area contributed by atoms with Crippen molar-refractivity contribution in [2.24, 2.45) is 0 Å². The Morgan fingerprint density at radius 3 is 2.54 bits per heavy atom. The molecule has 0 aliphatic carbocycles. The number of hydrogen-bond donors (Lipinski definition) is 2. The molecule has 0 atom stereocenters. The number of rotatable bonds is 2. The van der Waals surface area contributed by atoms with Crippen LogP contribution in [0.25, 0.3) is 0 Å². The first-order chi connectivity index (χ1) is 6.00. The molecule has 0 bridgehead atoms. The number of hydrogen-bond acceptors (Lipinski definition) is 3. The van der Waals surface area contributed by atoms with Crippen molar-refractivity contribution in [1.29, 1.82) is 0 Å². The lowest BCUT2D eigenvalue weighted by Gasteiger charge is -2.16. The molecule has 0 aliphatic heterocycles. The zero-order valence-corrected chi connectivity index (χ0v) is 8.81. The first kappa shape index (κ1) is 10.2. The van der Waals surface area contributed by atoms with E-state index in [-0.39, 0.29) is 0 Å². The van der Waals surface area contributed by atoms with Gasteiger partial charge < -0.3 is 11.2 Å². The minimum atomic E-state index is 0.579. The van der Waals surface area contributed by atoms with Crippen molar-refractivity contribution in [3.63, 3.8) is 0 Å². The topological polar surface area (TPSA) is 41.3 Å². The smallest absolute Gasteiger partial charge is 0.0656 e. The maximum atomic E-state index is 5.89. The number of nitrogen functional groups attached to an aromatic ring is 1. The number of halogens is 1. The molecule has 3 nitrogen and oxygen atoms in total. The summed E-state index contributed by atoms with van der Waals surface area (Å²) < 4.78 is 0. The number of anilines is 2. The highest BCUT2D eigenvalue weighted by molar-refractivity contribution is 6.33. The molecule has 0 aromatic heterocycles. The highest BCUT2D eigenvalue weighted by Gasteiger charge is 2.03. The molecule has 13 heavy (non-hydrogen) atoms. The van der Waals surface area contributed by atoms with E-state index < -0.39 is 0 Å². The Labute approximate surface area is 83.4 Å². The fourth-order valence-corrected chi connectivity index (χ4v) is 1.23. The lowest BCUT2D eigenvalue weighted by Crippen LogP contribution is -2.20. The predicted octanol–water partition coefficient (Wildman–Crippen LogP) is 2.12. The first-order valence-electron chi connectivity index (χ1n) is 4.00. The van der Waals surface area contributed by atoms with E-state index in [9.17, 15) is 0 Å². The highest BCUT2D eigenvalue weighted by atomic mass is 35.5. The standard InChI is InChI=1S/C9H14ClN3/c1-6-4-8(11)7(10)5-9(6)12-13(2)3/h4-5,12H,11H2,1-3H3. The van der Waals surface area contributed by atoms with Crippen LogP contribution in [-0.2, 0) is 0 Å². The van der Waals surface area contributed by atoms with Crippen LogP contribution < -0.4 is 11.2 Å². The van der Waals surface area contributed by atoms with Crippen LogP contribution in [0.5, 0.6) is 0 Å². The van der Waals surface area contributed by atoms with E-state index in [4.69, 9.17) is 17.3 Å². The average Bonchev–Trinajstić information content (AvgIpc) is 1.99. The number of nitrogens with one attached hydrogen (secondary N) is 1. The van der Waals surface area contributed by atoms with Gasteiger partial charge in [0.25, 0.3) is 0 Å². The van der Waals surface area contributed by atoms with Crippen LogP contribution in [0.3, 0.4) is 0 Å². The van der Waals surface area contributed by atoms with Gasteiger partial charge in [-0.25, -0.2) is 5.01 Å². The summed E-state index contributed by atoms with van der Waals surface area (Å²) in [4.78, 5) is 0. The number of nitrogens with two attached hydrogens (primary N) is 1. The fourth-order valence-electron chi connectivity index (χ4n) is 1.07. The van der Waals surface area contributed by atoms with Crippen molar-refractivity contribution in [3.05, 3.63) is 22.7 Å². The van der Waals surface area contributed by atoms with Crippen molar-refractivity contribution in [1.82, 2.24) is 5.01 Å². The van der Waals surface area contributed by atoms with Gasteiger partial charge in [-0.05, 0) is 24.6 Å². The van der Waals surface area contributed by atoms with Gasteiger partial charge in [-0.3, -0.25) is 0 Å². The molecule has 72 valence electrons. The van der Waals surface area contributed by atoms with Gasteiger partial charge in [-0.15, -0.1) is 0 Å². The van der Waals surface area contributed by atoms with Crippen LogP contribution >= 0.6 is 11.6 Å². The third-order valence-corrected chi connectivity index (χ3v) is 2.02. The Kier molecular flexibility index (Phi) is 3.01. The molecule has 0 spiro atoms. The second-order valence-corrected chi connectivity index (χ2v) is 3.60. The highest BCUT2D eigenvalue weighted by Crippen LogP contribution is 2.26. The van der Waals surface area contributed by atoms with Gasteiger partial charge >= 0.3 is 0 Å². The summed E-state index contributed by atoms with van der Waals surface area (Å²) in [6, 6.07) is 3.68. The average molecular weight is 200 g/mol. The van der Waals surface area contributed by atoms with Crippen LogP contribution in [0.4, 0.5) is 11.4 Å². The van der Waals surface area contributed by atoms with E-state index in [2.05, 4.69) is 5.43 Å². The Balaban J connectivity index is 3.01. The number of hydrazine groups is 1. The molecule has 1 aromatic carbocycles. The van der Waals surface area contributed by atoms with Crippen molar-refractivity contribution in [3.8, 4) is 0 Å². The van der Waals surface area contributed by atoms with Crippen LogP contribution in [0, 0.1) is 6.92 Å². The van der Waals surface area contributed by atoms with E-state index in [0.717, 1.165) is 11.3 Å². The number of nitrogens with zero attached hydrogens (tertiary/aromatic N) is 1. The number of benzene rings is 1. The zero-order chi connectivity index (χ0) is 10.0. The van der Waals surface area contributed by atoms with Crippen molar-refractivity contribution >= 4 is 23.0 Å². The van der Waals surface area contributed by atoms with E-state index >= 15 is 0 Å². The molecule has 0 radical (unpaired) electrons. The molecule has 3 N–H and O–H groups in total. The molecular weight excluding hydrogens is 186 g/mol. The third kappa shape index (κ3) is 2.50. The molecule has 0 heterocycles. The summed E-state index contributed by atoms with van der Waals surface area (Å²) in [6.45, 7) is 1.98. The lowest BCUT2D eigenvalue weighted by atomic mass is 10.2. The second-order valence-electron chi connectivity index (χ2n) is 3.19. The number of aryl methyl sites for hydroxylation is 1. The van der Waals surface area contributed by atoms with Crippen molar-refractivity contribution in [2.45, 2.75) is 6.92 Å². The van der Waals surface area contributed by atoms with E-state index in [1.165, 1.54) is 0 Å². The summed E-state index contributed by atoms with van der Waals surface area (Å²) in [6.07, 6.45) is 0. The van der Waals surface area contributed by atoms with E-state index in [1.807, 2.05) is 38.2 Å². The summed E-state index contributed by atoms with van der Waals surface area (Å²) in [7, 11) is 3.84. The van der Waals surface area contributed by atoms with Crippen LogP contribution in [-0.4, -0.2) is 19.1 Å². The molecule has 0 saturated heterocycles. The maximum Gasteiger partial charge on any atom is 0.0656 e. The van der Waals surface area contributed by atoms with Gasteiger partial charge in [0.05, 0.1) is 16.4 Å². The minimum absolute atomic E-state index is 0.579. The van der Waals surface area contributed by atoms with Crippen molar-refractivity contribution in [2.75, 3.05) is 25.3 Å². The van der Waals surface area contributed by atoms with E-state index in [0.29, 0.717) is 10.7 Å². The molecule has 0 saturated carbocycles. The predicted molar refractivity (Wildman–Crippen MR) is 57.9 cm³/mol. The largest absolute Gasteiger partial charge is 0.398 e. The SMILES string of the molecule is Cc1cc(N)c(Cl)cc1NN(C)C. The summed E-state index contributed by atoms with van der Waals surface area (Å²) in [5.41, 5.74) is 11.5. The first-order valence-corrected chi connectivity index (χ1v) is 4.38. The Morgan fingerprint density at radius 2 is 2.00 bits per heavy atom. The van der Waals surface area contributed by atoms with Gasteiger partial charge in [0.2, 0.25) is 0 Å². The fraction of sp³-hybridized carbons (Fsp3) is 0.333. The van der Waals surface area contributed by atoms with Crippen LogP contribution in [0.2, 0.25) is 5.02 Å². The molecule has 4 heteroatoms. The summed E-state index contributed by atoms with van der Waals surface area (Å²) >= 11 is 5.89. The van der Waals surface area contributed by atoms with Gasteiger partial charge in [0, 0.05) is 14.1 Å². The molecular formula is C9H14ClN3. The quantitative estimate of drug-likeness (QED) is 0.567. The molecule has 0 amide bonds. The normalized spacial score (nSPS) is 10.5. The Morgan fingerprint density at radius 1 is 1.38 bits per heavy atom. The van der Waals surface area contributed by atoms with Crippen molar-refractivity contribution < 1.29 is 0 Å². The Hall–Kier alpha value is -0.930. The van der Waals surface area contributed by atoms with Gasteiger partial charge in [0.15, 0.2) is 0 Å². The van der Waals surface area contributed by atoms with Gasteiger partial charge in [0.1, 0.15) is 0 Å². The van der Waals surface area contributed by atoms with Gasteiger partial charge in [-0.1, -0.05) is 11.6 Å². The summed E-state index contributed by atoms with van der Waals surface area (Å²) in [5.74, 6) is 0. The van der Waals surface area contributed by atoms with E-state index in [1.54, 1.807) is 0 Å². The lowest BCUT2D eigenvalue weighted by molar-refractivity contribution is 0.495. The van der Waals surface area contributed by atoms with Gasteiger partial charge in [-0.2, -0.15) is 0 Å². The second kappa shape index (κ2) is 3.85. The van der Waals surface area contributed by atoms with Crippen LogP contribution in [0.15, 0.2) is 12.1 Å². The Bertz CT molecular complexity index is 310. The third-order valence-electron chi connectivity index (χ3n) is 1.69. The molecule has 1 rings (SSSR count). The molecule has 0 aliphatic rings. The molecule has 0 fully saturated rings. The maximum absolute atomic E-state index is 5.89. The monoisotopic (exact) mass is 199 g/mol. The summed E-state index contributed by atoms with van der Waals surface area (Å²) in [5, 5.41) is 2.43. The minimum Gasteiger partial charge on any atom is -0.398 e. The molecule has 0 unspecified atom stereocenters. The van der Waals surface area contributed by atoms with Crippen LogP contribution in [0.1, 0.15) is 5.56 Å².